The Balaban J connectivity index is 2.01. The average Bonchev–Trinajstić information content (AvgIpc) is 2.95. The van der Waals surface area contributed by atoms with Gasteiger partial charge in [-0.3, -0.25) is 10.1 Å². The van der Waals surface area contributed by atoms with Crippen LogP contribution in [0.3, 0.4) is 0 Å². The highest BCUT2D eigenvalue weighted by Crippen LogP contribution is 2.16. The molecular formula is C12H14N4O2S. The highest BCUT2D eigenvalue weighted by atomic mass is 32.1. The summed E-state index contributed by atoms with van der Waals surface area (Å²) < 4.78 is 5.01. The topological polar surface area (TPSA) is 80.9 Å². The minimum atomic E-state index is -0.251. The molecule has 0 radical (unpaired) electrons. The third kappa shape index (κ3) is 3.25. The Morgan fingerprint density at radius 3 is 2.79 bits per heavy atom. The summed E-state index contributed by atoms with van der Waals surface area (Å²) in [6.45, 7) is 5.62. The van der Waals surface area contributed by atoms with Crippen LogP contribution in [-0.4, -0.2) is 21.3 Å². The van der Waals surface area contributed by atoms with Crippen molar-refractivity contribution in [2.75, 3.05) is 5.32 Å². The minimum absolute atomic E-state index is 0.251. The van der Waals surface area contributed by atoms with E-state index in [9.17, 15) is 4.79 Å². The summed E-state index contributed by atoms with van der Waals surface area (Å²) in [4.78, 5) is 11.7. The monoisotopic (exact) mass is 278 g/mol. The third-order valence-corrected chi connectivity index (χ3v) is 3.47. The van der Waals surface area contributed by atoms with Crippen LogP contribution < -0.4 is 5.32 Å². The Labute approximate surface area is 114 Å². The summed E-state index contributed by atoms with van der Waals surface area (Å²) in [5, 5.41) is 15.7. The molecule has 7 heteroatoms. The van der Waals surface area contributed by atoms with E-state index in [-0.39, 0.29) is 5.91 Å². The first kappa shape index (κ1) is 13.4. The first-order valence-corrected chi connectivity index (χ1v) is 6.66. The first-order chi connectivity index (χ1) is 9.10. The Morgan fingerprint density at radius 1 is 1.42 bits per heavy atom. The number of aryl methyl sites for hydroxylation is 3. The molecule has 0 aliphatic heterocycles. The number of amides is 1. The maximum absolute atomic E-state index is 11.7. The lowest BCUT2D eigenvalue weighted by atomic mass is 10.2. The zero-order valence-electron chi connectivity index (χ0n) is 10.9. The van der Waals surface area contributed by atoms with Gasteiger partial charge in [0.2, 0.25) is 11.0 Å². The fourth-order valence-electron chi connectivity index (χ4n) is 1.48. The van der Waals surface area contributed by atoms with Crippen LogP contribution in [0.25, 0.3) is 6.08 Å². The van der Waals surface area contributed by atoms with Gasteiger partial charge in [0.15, 0.2) is 0 Å². The number of rotatable bonds is 4. The summed E-state index contributed by atoms with van der Waals surface area (Å²) in [5.74, 6) is 0.435. The van der Waals surface area contributed by atoms with Crippen LogP contribution in [0.15, 0.2) is 10.6 Å². The van der Waals surface area contributed by atoms with Gasteiger partial charge in [-0.15, -0.1) is 10.2 Å². The second kappa shape index (κ2) is 5.75. The van der Waals surface area contributed by atoms with Crippen molar-refractivity contribution < 1.29 is 9.32 Å². The fraction of sp³-hybridized carbons (Fsp3) is 0.333. The second-order valence-corrected chi connectivity index (χ2v) is 4.98. The van der Waals surface area contributed by atoms with Gasteiger partial charge in [-0.2, -0.15) is 0 Å². The smallest absolute Gasteiger partial charge is 0.250 e. The van der Waals surface area contributed by atoms with Crippen molar-refractivity contribution in [1.82, 2.24) is 15.4 Å². The van der Waals surface area contributed by atoms with Gasteiger partial charge in [-0.05, 0) is 26.3 Å². The van der Waals surface area contributed by atoms with E-state index in [1.807, 2.05) is 13.8 Å². The SMILES string of the molecule is CCc1nnc(NC(=O)C=Cc2c(C)noc2C)s1. The van der Waals surface area contributed by atoms with Crippen molar-refractivity contribution in [1.29, 1.82) is 0 Å². The van der Waals surface area contributed by atoms with Crippen molar-refractivity contribution >= 4 is 28.5 Å². The van der Waals surface area contributed by atoms with E-state index in [0.29, 0.717) is 10.9 Å². The largest absolute Gasteiger partial charge is 0.361 e. The van der Waals surface area contributed by atoms with Gasteiger partial charge >= 0.3 is 0 Å². The van der Waals surface area contributed by atoms with Crippen LogP contribution in [0.4, 0.5) is 5.13 Å². The highest BCUT2D eigenvalue weighted by Gasteiger charge is 2.07. The molecule has 2 aromatic heterocycles. The lowest BCUT2D eigenvalue weighted by Crippen LogP contribution is -2.07. The standard InChI is InChI=1S/C12H14N4O2S/c1-4-11-14-15-12(19-11)13-10(17)6-5-9-7(2)16-18-8(9)3/h5-6H,4H2,1-3H3,(H,13,15,17). The summed E-state index contributed by atoms with van der Waals surface area (Å²) in [7, 11) is 0. The van der Waals surface area contributed by atoms with Gasteiger partial charge in [0.05, 0.1) is 5.69 Å². The second-order valence-electron chi connectivity index (χ2n) is 3.91. The molecule has 2 rings (SSSR count). The normalized spacial score (nSPS) is 11.1. The van der Waals surface area contributed by atoms with Crippen molar-refractivity contribution in [3.63, 3.8) is 0 Å². The van der Waals surface area contributed by atoms with Crippen LogP contribution in [0.5, 0.6) is 0 Å². The summed E-state index contributed by atoms with van der Waals surface area (Å²) in [6, 6.07) is 0. The van der Waals surface area contributed by atoms with Crippen molar-refractivity contribution in [2.45, 2.75) is 27.2 Å². The minimum Gasteiger partial charge on any atom is -0.361 e. The molecule has 0 saturated heterocycles. The van der Waals surface area contributed by atoms with Crippen LogP contribution >= 0.6 is 11.3 Å². The van der Waals surface area contributed by atoms with E-state index in [1.54, 1.807) is 13.0 Å². The highest BCUT2D eigenvalue weighted by molar-refractivity contribution is 7.15. The van der Waals surface area contributed by atoms with Gasteiger partial charge in [0.25, 0.3) is 0 Å². The molecular weight excluding hydrogens is 264 g/mol. The number of aromatic nitrogens is 3. The van der Waals surface area contributed by atoms with E-state index in [0.717, 1.165) is 22.7 Å². The maximum Gasteiger partial charge on any atom is 0.250 e. The molecule has 1 N–H and O–H groups in total. The van der Waals surface area contributed by atoms with Gasteiger partial charge in [-0.25, -0.2) is 0 Å². The molecule has 2 aromatic rings. The molecule has 0 unspecified atom stereocenters. The molecule has 2 heterocycles. The number of hydrogen-bond acceptors (Lipinski definition) is 6. The molecule has 0 bridgehead atoms. The Morgan fingerprint density at radius 2 is 2.21 bits per heavy atom. The molecule has 0 spiro atoms. The van der Waals surface area contributed by atoms with Gasteiger partial charge in [-0.1, -0.05) is 23.4 Å². The lowest BCUT2D eigenvalue weighted by molar-refractivity contribution is -0.111. The Hall–Kier alpha value is -2.02. The Bertz CT molecular complexity index is 596. The average molecular weight is 278 g/mol. The van der Waals surface area contributed by atoms with E-state index in [1.165, 1.54) is 17.4 Å². The van der Waals surface area contributed by atoms with Crippen LogP contribution in [-0.2, 0) is 11.2 Å². The van der Waals surface area contributed by atoms with Crippen LogP contribution in [0, 0.1) is 13.8 Å². The third-order valence-electron chi connectivity index (χ3n) is 2.49. The lowest BCUT2D eigenvalue weighted by Gasteiger charge is -1.94. The zero-order chi connectivity index (χ0) is 13.8. The molecule has 0 aromatic carbocycles. The van der Waals surface area contributed by atoms with Gasteiger partial charge in [0, 0.05) is 11.6 Å². The number of hydrogen-bond donors (Lipinski definition) is 1. The molecule has 100 valence electrons. The predicted molar refractivity (Wildman–Crippen MR) is 72.9 cm³/mol. The quantitative estimate of drug-likeness (QED) is 0.868. The Kier molecular flexibility index (Phi) is 4.06. The summed E-state index contributed by atoms with van der Waals surface area (Å²) >= 11 is 1.37. The van der Waals surface area contributed by atoms with Crippen LogP contribution in [0.2, 0.25) is 0 Å². The number of nitrogens with one attached hydrogen (secondary N) is 1. The molecule has 19 heavy (non-hydrogen) atoms. The number of anilines is 1. The molecule has 0 aliphatic rings. The maximum atomic E-state index is 11.7. The van der Waals surface area contributed by atoms with E-state index in [4.69, 9.17) is 4.52 Å². The predicted octanol–water partition coefficient (Wildman–Crippen LogP) is 2.36. The fourth-order valence-corrected chi connectivity index (χ4v) is 2.16. The van der Waals surface area contributed by atoms with E-state index in [2.05, 4.69) is 20.7 Å². The number of carbonyl (C=O) groups is 1. The molecule has 6 nitrogen and oxygen atoms in total. The molecule has 0 atom stereocenters. The zero-order valence-corrected chi connectivity index (χ0v) is 11.7. The van der Waals surface area contributed by atoms with Gasteiger partial charge < -0.3 is 4.52 Å². The van der Waals surface area contributed by atoms with Gasteiger partial charge in [0.1, 0.15) is 10.8 Å². The van der Waals surface area contributed by atoms with E-state index < -0.39 is 0 Å². The van der Waals surface area contributed by atoms with Crippen molar-refractivity contribution in [3.8, 4) is 0 Å². The van der Waals surface area contributed by atoms with Crippen LogP contribution in [0.1, 0.15) is 28.9 Å². The summed E-state index contributed by atoms with van der Waals surface area (Å²) in [6.07, 6.45) is 3.92. The van der Waals surface area contributed by atoms with E-state index >= 15 is 0 Å². The first-order valence-electron chi connectivity index (χ1n) is 5.84. The molecule has 0 aliphatic carbocycles. The summed E-state index contributed by atoms with van der Waals surface area (Å²) in [5.41, 5.74) is 1.58. The van der Waals surface area contributed by atoms with Crippen molar-refractivity contribution in [3.05, 3.63) is 28.1 Å². The molecule has 0 saturated carbocycles. The molecule has 0 fully saturated rings. The molecule has 1 amide bonds. The number of nitrogens with zero attached hydrogens (tertiary/aromatic N) is 3. The number of carbonyl (C=O) groups excluding carboxylic acids is 1. The van der Waals surface area contributed by atoms with Crippen molar-refractivity contribution in [2.24, 2.45) is 0 Å².